The third-order valence-corrected chi connectivity index (χ3v) is 10.9. The Morgan fingerprint density at radius 2 is 1.12 bits per heavy atom. The predicted molar refractivity (Wildman–Crippen MR) is 237 cm³/mol. The lowest BCUT2D eigenvalue weighted by atomic mass is 9.98. The van der Waals surface area contributed by atoms with Gasteiger partial charge in [0.05, 0.1) is 11.0 Å². The number of hydrogen-bond donors (Lipinski definition) is 0. The summed E-state index contributed by atoms with van der Waals surface area (Å²) in [7, 11) is 0. The molecule has 6 nitrogen and oxygen atoms in total. The van der Waals surface area contributed by atoms with Crippen molar-refractivity contribution in [3.63, 3.8) is 0 Å². The van der Waals surface area contributed by atoms with E-state index in [-0.39, 0.29) is 0 Å². The molecule has 274 valence electrons. The van der Waals surface area contributed by atoms with Gasteiger partial charge in [-0.15, -0.1) is 0 Å². The second kappa shape index (κ2) is 13.4. The second-order valence-electron chi connectivity index (χ2n) is 14.4. The standard InChI is InChI=1S/C52H34N4O2/c1-3-15-40-42-28-27-41-39-23-11-13-25-46(39)57-48(41)49(42)58-47(40)32(2)35-26-29-45-43(31-35)38-22-10-12-24-44(38)56(45)37-21-14-20-36(30-37)52-54-50(33-16-6-4-7-17-33)53-51(55-52)34-18-8-5-9-19-34/h3-31H,2H2,1H3/b15-3-. The minimum Gasteiger partial charge on any atom is -0.452 e. The van der Waals surface area contributed by atoms with E-state index in [0.29, 0.717) is 17.5 Å². The number of hydrogen-bond acceptors (Lipinski definition) is 5. The third kappa shape index (κ3) is 5.38. The van der Waals surface area contributed by atoms with Crippen molar-refractivity contribution < 1.29 is 8.83 Å². The lowest BCUT2D eigenvalue weighted by molar-refractivity contribution is 0.587. The molecular weight excluding hydrogens is 713 g/mol. The molecule has 0 aliphatic heterocycles. The van der Waals surface area contributed by atoms with Crippen LogP contribution >= 0.6 is 0 Å². The molecule has 11 rings (SSSR count). The normalized spacial score (nSPS) is 11.9. The van der Waals surface area contributed by atoms with Crippen molar-refractivity contribution in [1.29, 1.82) is 0 Å². The van der Waals surface area contributed by atoms with E-state index in [1.165, 1.54) is 0 Å². The van der Waals surface area contributed by atoms with E-state index in [1.54, 1.807) is 0 Å². The van der Waals surface area contributed by atoms with Crippen molar-refractivity contribution in [1.82, 2.24) is 19.5 Å². The van der Waals surface area contributed by atoms with Crippen LogP contribution in [0.3, 0.4) is 0 Å². The highest BCUT2D eigenvalue weighted by atomic mass is 16.4. The monoisotopic (exact) mass is 746 g/mol. The van der Waals surface area contributed by atoms with Gasteiger partial charge in [-0.2, -0.15) is 0 Å². The van der Waals surface area contributed by atoms with E-state index in [1.807, 2.05) is 91.9 Å². The maximum absolute atomic E-state index is 6.75. The number of aromatic nitrogens is 4. The molecule has 0 saturated carbocycles. The fourth-order valence-electron chi connectivity index (χ4n) is 8.20. The fraction of sp³-hybridized carbons (Fsp3) is 0.0192. The first-order chi connectivity index (χ1) is 28.6. The Balaban J connectivity index is 1.04. The Labute approximate surface area is 333 Å². The van der Waals surface area contributed by atoms with Crippen LogP contribution in [0.25, 0.3) is 106 Å². The smallest absolute Gasteiger partial charge is 0.178 e. The summed E-state index contributed by atoms with van der Waals surface area (Å²) in [6.45, 7) is 6.65. The molecule has 0 atom stereocenters. The zero-order valence-electron chi connectivity index (χ0n) is 31.6. The molecule has 0 amide bonds. The quantitative estimate of drug-likeness (QED) is 0.162. The predicted octanol–water partition coefficient (Wildman–Crippen LogP) is 13.7. The van der Waals surface area contributed by atoms with E-state index in [0.717, 1.165) is 99.6 Å². The topological polar surface area (TPSA) is 69.9 Å². The number of benzene rings is 7. The average Bonchev–Trinajstić information content (AvgIpc) is 3.96. The van der Waals surface area contributed by atoms with Crippen LogP contribution in [0.1, 0.15) is 23.8 Å². The number of fused-ring (bicyclic) bond motifs is 8. The van der Waals surface area contributed by atoms with Gasteiger partial charge in [0.25, 0.3) is 0 Å². The van der Waals surface area contributed by atoms with Gasteiger partial charge < -0.3 is 13.4 Å². The molecular formula is C52H34N4O2. The highest BCUT2D eigenvalue weighted by molar-refractivity contribution is 6.15. The maximum Gasteiger partial charge on any atom is 0.178 e. The molecule has 7 aromatic carbocycles. The molecule has 58 heavy (non-hydrogen) atoms. The number of furan rings is 2. The zero-order chi connectivity index (χ0) is 38.7. The summed E-state index contributed by atoms with van der Waals surface area (Å²) in [5.41, 5.74) is 11.0. The maximum atomic E-state index is 6.75. The minimum absolute atomic E-state index is 0.608. The molecule has 0 aliphatic rings. The number of rotatable bonds is 7. The first-order valence-electron chi connectivity index (χ1n) is 19.3. The summed E-state index contributed by atoms with van der Waals surface area (Å²) in [6, 6.07) is 56.0. The minimum atomic E-state index is 0.608. The molecule has 0 saturated heterocycles. The van der Waals surface area contributed by atoms with Gasteiger partial charge in [0, 0.05) is 60.4 Å². The zero-order valence-corrected chi connectivity index (χ0v) is 31.6. The van der Waals surface area contributed by atoms with E-state index in [9.17, 15) is 0 Å². The summed E-state index contributed by atoms with van der Waals surface area (Å²) in [6.07, 6.45) is 4.13. The van der Waals surface area contributed by atoms with Crippen LogP contribution in [-0.2, 0) is 0 Å². The molecule has 0 unspecified atom stereocenters. The van der Waals surface area contributed by atoms with Gasteiger partial charge in [-0.25, -0.2) is 15.0 Å². The molecule has 0 fully saturated rings. The van der Waals surface area contributed by atoms with Gasteiger partial charge >= 0.3 is 0 Å². The van der Waals surface area contributed by atoms with Crippen molar-refractivity contribution in [2.75, 3.05) is 0 Å². The molecule has 0 spiro atoms. The van der Waals surface area contributed by atoms with Crippen LogP contribution in [0.15, 0.2) is 185 Å². The summed E-state index contributed by atoms with van der Waals surface area (Å²) in [5.74, 6) is 2.59. The van der Waals surface area contributed by atoms with Gasteiger partial charge in [-0.3, -0.25) is 0 Å². The van der Waals surface area contributed by atoms with Crippen LogP contribution < -0.4 is 0 Å². The van der Waals surface area contributed by atoms with E-state index >= 15 is 0 Å². The Bertz CT molecular complexity index is 3370. The Morgan fingerprint density at radius 1 is 0.517 bits per heavy atom. The Morgan fingerprint density at radius 3 is 1.86 bits per heavy atom. The van der Waals surface area contributed by atoms with E-state index in [2.05, 4.69) is 102 Å². The van der Waals surface area contributed by atoms with Crippen LogP contribution in [0.5, 0.6) is 0 Å². The number of allylic oxidation sites excluding steroid dienone is 1. The van der Waals surface area contributed by atoms with E-state index < -0.39 is 0 Å². The SMILES string of the molecule is C=C(c1ccc2c(c1)c1ccccc1n2-c1cccc(-c2nc(-c3ccccc3)nc(-c3ccccc3)n2)c1)c1oc2c(ccc3c4ccccc4oc32)c1/C=C\C. The third-order valence-electron chi connectivity index (χ3n) is 10.9. The Kier molecular flexibility index (Phi) is 7.76. The lowest BCUT2D eigenvalue weighted by Crippen LogP contribution is -2.01. The van der Waals surface area contributed by atoms with Crippen molar-refractivity contribution in [3.05, 3.63) is 193 Å². The lowest BCUT2D eigenvalue weighted by Gasteiger charge is -2.12. The highest BCUT2D eigenvalue weighted by Crippen LogP contribution is 2.42. The molecule has 0 radical (unpaired) electrons. The summed E-state index contributed by atoms with van der Waals surface area (Å²) >= 11 is 0. The van der Waals surface area contributed by atoms with Crippen LogP contribution in [0, 0.1) is 0 Å². The summed E-state index contributed by atoms with van der Waals surface area (Å²) in [5, 5.41) is 5.34. The van der Waals surface area contributed by atoms with Crippen molar-refractivity contribution in [2.45, 2.75) is 6.92 Å². The van der Waals surface area contributed by atoms with Gasteiger partial charge in [0.15, 0.2) is 28.6 Å². The van der Waals surface area contributed by atoms with Gasteiger partial charge in [-0.1, -0.05) is 134 Å². The van der Waals surface area contributed by atoms with Crippen LogP contribution in [-0.4, -0.2) is 19.5 Å². The first-order valence-corrected chi connectivity index (χ1v) is 19.3. The molecule has 4 aromatic heterocycles. The molecule has 0 aliphatic carbocycles. The van der Waals surface area contributed by atoms with Crippen LogP contribution in [0.4, 0.5) is 0 Å². The fourth-order valence-corrected chi connectivity index (χ4v) is 8.20. The number of para-hydroxylation sites is 2. The highest BCUT2D eigenvalue weighted by Gasteiger charge is 2.22. The molecule has 6 heteroatoms. The largest absolute Gasteiger partial charge is 0.452 e. The molecule has 11 aromatic rings. The van der Waals surface area contributed by atoms with Gasteiger partial charge in [-0.05, 0) is 61.0 Å². The molecule has 0 N–H and O–H groups in total. The molecule has 4 heterocycles. The summed E-state index contributed by atoms with van der Waals surface area (Å²) in [4.78, 5) is 14.9. The first kappa shape index (κ1) is 33.5. The average molecular weight is 747 g/mol. The molecule has 0 bridgehead atoms. The van der Waals surface area contributed by atoms with Gasteiger partial charge in [0.2, 0.25) is 0 Å². The van der Waals surface area contributed by atoms with Crippen molar-refractivity contribution >= 4 is 66.4 Å². The second-order valence-corrected chi connectivity index (χ2v) is 14.4. The van der Waals surface area contributed by atoms with Gasteiger partial charge in [0.1, 0.15) is 11.3 Å². The van der Waals surface area contributed by atoms with Crippen molar-refractivity contribution in [3.8, 4) is 39.9 Å². The summed E-state index contributed by atoms with van der Waals surface area (Å²) < 4.78 is 15.4. The van der Waals surface area contributed by atoms with Crippen LogP contribution in [0.2, 0.25) is 0 Å². The van der Waals surface area contributed by atoms with E-state index in [4.69, 9.17) is 23.8 Å². The Hall–Kier alpha value is -7.83. The van der Waals surface area contributed by atoms with Crippen molar-refractivity contribution in [2.24, 2.45) is 0 Å². The number of nitrogens with zero attached hydrogens (tertiary/aromatic N) is 4.